The smallest absolute Gasteiger partial charge is 0.169 e. The van der Waals surface area contributed by atoms with Gasteiger partial charge in [0.1, 0.15) is 5.76 Å². The summed E-state index contributed by atoms with van der Waals surface area (Å²) < 4.78 is 19.7. The molecule has 1 heterocycles. The Morgan fingerprint density at radius 2 is 1.90 bits per heavy atom. The van der Waals surface area contributed by atoms with Gasteiger partial charge >= 0.3 is 0 Å². The average molecular weight is 289 g/mol. The minimum Gasteiger partial charge on any atom is -0.456 e. The van der Waals surface area contributed by atoms with E-state index >= 15 is 0 Å². The summed E-state index contributed by atoms with van der Waals surface area (Å²) in [5, 5.41) is 4.37. The normalized spacial score (nSPS) is 21.6. The average Bonchev–Trinajstić information content (AvgIpc) is 2.76. The summed E-state index contributed by atoms with van der Waals surface area (Å²) in [6, 6.07) is 7.19. The number of halogens is 1. The third-order valence-electron chi connectivity index (χ3n) is 5.71. The molecule has 1 fully saturated rings. The van der Waals surface area contributed by atoms with Crippen LogP contribution < -0.4 is 5.32 Å². The molecule has 0 aliphatic heterocycles. The number of hydrogen-bond donors (Lipinski definition) is 1. The first-order valence-corrected chi connectivity index (χ1v) is 7.72. The van der Waals surface area contributed by atoms with Gasteiger partial charge < -0.3 is 9.73 Å². The van der Waals surface area contributed by atoms with Crippen molar-refractivity contribution in [3.05, 3.63) is 35.8 Å². The first-order valence-electron chi connectivity index (χ1n) is 7.72. The van der Waals surface area contributed by atoms with Gasteiger partial charge in [-0.05, 0) is 35.4 Å². The van der Waals surface area contributed by atoms with Crippen LogP contribution in [0.25, 0.3) is 11.0 Å². The number of fused-ring (bicyclic) bond motifs is 1. The number of nitrogens with one attached hydrogen (secondary N) is 1. The van der Waals surface area contributed by atoms with E-state index in [1.165, 1.54) is 6.07 Å². The molecule has 2 aromatic rings. The van der Waals surface area contributed by atoms with E-state index < -0.39 is 0 Å². The molecule has 1 atom stereocenters. The Morgan fingerprint density at radius 1 is 1.24 bits per heavy atom. The highest BCUT2D eigenvalue weighted by Gasteiger charge is 2.67. The molecule has 1 aromatic heterocycles. The SMILES string of the molecule is CCNC(c1cc2cccc(F)c2o1)C1C(C)(C)C1(C)C. The van der Waals surface area contributed by atoms with Crippen LogP contribution in [0.2, 0.25) is 0 Å². The van der Waals surface area contributed by atoms with Gasteiger partial charge in [-0.1, -0.05) is 46.8 Å². The Kier molecular flexibility index (Phi) is 3.17. The molecule has 1 aliphatic rings. The fourth-order valence-electron chi connectivity index (χ4n) is 3.88. The van der Waals surface area contributed by atoms with Gasteiger partial charge in [0, 0.05) is 5.39 Å². The topological polar surface area (TPSA) is 25.2 Å². The van der Waals surface area contributed by atoms with E-state index in [0.717, 1.165) is 17.7 Å². The van der Waals surface area contributed by atoms with Crippen LogP contribution in [-0.2, 0) is 0 Å². The van der Waals surface area contributed by atoms with Crippen molar-refractivity contribution in [2.24, 2.45) is 16.7 Å². The van der Waals surface area contributed by atoms with Gasteiger partial charge in [0.25, 0.3) is 0 Å². The lowest BCUT2D eigenvalue weighted by Crippen LogP contribution is -2.24. The van der Waals surface area contributed by atoms with Gasteiger partial charge in [-0.2, -0.15) is 0 Å². The van der Waals surface area contributed by atoms with Crippen molar-refractivity contribution in [2.75, 3.05) is 6.54 Å². The van der Waals surface area contributed by atoms with Crippen LogP contribution in [0.15, 0.2) is 28.7 Å². The van der Waals surface area contributed by atoms with E-state index in [0.29, 0.717) is 11.5 Å². The Morgan fingerprint density at radius 3 is 2.43 bits per heavy atom. The quantitative estimate of drug-likeness (QED) is 0.865. The molecule has 1 N–H and O–H groups in total. The minimum atomic E-state index is -0.289. The molecule has 1 unspecified atom stereocenters. The fraction of sp³-hybridized carbons (Fsp3) is 0.556. The Hall–Kier alpha value is -1.35. The van der Waals surface area contributed by atoms with E-state index in [4.69, 9.17) is 4.42 Å². The van der Waals surface area contributed by atoms with Crippen LogP contribution in [0.5, 0.6) is 0 Å². The lowest BCUT2D eigenvalue weighted by Gasteiger charge is -2.17. The Balaban J connectivity index is 2.03. The molecule has 21 heavy (non-hydrogen) atoms. The van der Waals surface area contributed by atoms with Crippen molar-refractivity contribution >= 4 is 11.0 Å². The standard InChI is InChI=1S/C18H24FNO/c1-6-20-14(16-17(2,3)18(16,4)5)13-10-11-8-7-9-12(19)15(11)21-13/h7-10,14,16,20H,6H2,1-5H3. The second kappa shape index (κ2) is 4.57. The van der Waals surface area contributed by atoms with E-state index in [2.05, 4.69) is 39.9 Å². The van der Waals surface area contributed by atoms with Crippen LogP contribution in [0.4, 0.5) is 4.39 Å². The summed E-state index contributed by atoms with van der Waals surface area (Å²) in [7, 11) is 0. The van der Waals surface area contributed by atoms with Crippen molar-refractivity contribution in [1.82, 2.24) is 5.32 Å². The van der Waals surface area contributed by atoms with E-state index in [1.807, 2.05) is 12.1 Å². The van der Waals surface area contributed by atoms with Gasteiger partial charge in [-0.25, -0.2) is 4.39 Å². The van der Waals surface area contributed by atoms with Crippen LogP contribution in [0, 0.1) is 22.6 Å². The van der Waals surface area contributed by atoms with E-state index in [-0.39, 0.29) is 22.7 Å². The summed E-state index contributed by atoms with van der Waals surface area (Å²) in [5.41, 5.74) is 0.862. The van der Waals surface area contributed by atoms with Crippen LogP contribution in [-0.4, -0.2) is 6.54 Å². The number of para-hydroxylation sites is 1. The number of benzene rings is 1. The summed E-state index contributed by atoms with van der Waals surface area (Å²) in [6.07, 6.45) is 0. The highest BCUT2D eigenvalue weighted by Crippen LogP contribution is 2.72. The van der Waals surface area contributed by atoms with Crippen molar-refractivity contribution in [1.29, 1.82) is 0 Å². The molecule has 1 saturated carbocycles. The first-order chi connectivity index (χ1) is 9.80. The van der Waals surface area contributed by atoms with Gasteiger partial charge in [-0.15, -0.1) is 0 Å². The van der Waals surface area contributed by atoms with E-state index in [9.17, 15) is 4.39 Å². The maximum atomic E-state index is 13.9. The minimum absolute atomic E-state index is 0.131. The van der Waals surface area contributed by atoms with Crippen LogP contribution >= 0.6 is 0 Å². The molecule has 3 rings (SSSR count). The largest absolute Gasteiger partial charge is 0.456 e. The molecule has 1 aliphatic carbocycles. The lowest BCUT2D eigenvalue weighted by atomic mass is 10.0. The molecular formula is C18H24FNO. The zero-order valence-electron chi connectivity index (χ0n) is 13.5. The summed E-state index contributed by atoms with van der Waals surface area (Å²) in [6.45, 7) is 12.2. The molecule has 0 saturated heterocycles. The van der Waals surface area contributed by atoms with Crippen molar-refractivity contribution in [3.8, 4) is 0 Å². The zero-order valence-corrected chi connectivity index (χ0v) is 13.5. The van der Waals surface area contributed by atoms with Gasteiger partial charge in [0.2, 0.25) is 0 Å². The summed E-state index contributed by atoms with van der Waals surface area (Å²) >= 11 is 0. The maximum Gasteiger partial charge on any atom is 0.169 e. The van der Waals surface area contributed by atoms with Crippen molar-refractivity contribution < 1.29 is 8.81 Å². The van der Waals surface area contributed by atoms with Gasteiger partial charge in [0.05, 0.1) is 6.04 Å². The number of furan rings is 1. The maximum absolute atomic E-state index is 13.9. The predicted molar refractivity (Wildman–Crippen MR) is 83.6 cm³/mol. The Labute approximate surface area is 125 Å². The summed E-state index contributed by atoms with van der Waals surface area (Å²) in [5.74, 6) is 1.04. The number of hydrogen-bond acceptors (Lipinski definition) is 2. The highest BCUT2D eigenvalue weighted by atomic mass is 19.1. The molecule has 0 bridgehead atoms. The van der Waals surface area contributed by atoms with Crippen molar-refractivity contribution in [3.63, 3.8) is 0 Å². The van der Waals surface area contributed by atoms with E-state index in [1.54, 1.807) is 6.07 Å². The van der Waals surface area contributed by atoms with Crippen LogP contribution in [0.3, 0.4) is 0 Å². The molecule has 2 nitrogen and oxygen atoms in total. The lowest BCUT2D eigenvalue weighted by molar-refractivity contribution is 0.354. The highest BCUT2D eigenvalue weighted by molar-refractivity contribution is 5.78. The molecule has 0 amide bonds. The third kappa shape index (κ3) is 2.02. The Bertz CT molecular complexity index is 657. The molecular weight excluding hydrogens is 265 g/mol. The van der Waals surface area contributed by atoms with Gasteiger partial charge in [0.15, 0.2) is 11.4 Å². The van der Waals surface area contributed by atoms with Gasteiger partial charge in [-0.3, -0.25) is 0 Å². The van der Waals surface area contributed by atoms with Crippen LogP contribution in [0.1, 0.15) is 46.4 Å². The fourth-order valence-corrected chi connectivity index (χ4v) is 3.88. The monoisotopic (exact) mass is 289 g/mol. The second-order valence-electron chi connectivity index (χ2n) is 7.26. The molecule has 1 aromatic carbocycles. The third-order valence-corrected chi connectivity index (χ3v) is 5.71. The first kappa shape index (κ1) is 14.6. The molecule has 3 heteroatoms. The zero-order chi connectivity index (χ0) is 15.4. The summed E-state index contributed by atoms with van der Waals surface area (Å²) in [4.78, 5) is 0. The molecule has 0 spiro atoms. The molecule has 114 valence electrons. The van der Waals surface area contributed by atoms with Crippen molar-refractivity contribution in [2.45, 2.75) is 40.7 Å². The molecule has 0 radical (unpaired) electrons. The predicted octanol–water partition coefficient (Wildman–Crippen LogP) is 4.90. The second-order valence-corrected chi connectivity index (χ2v) is 7.26. The number of rotatable bonds is 4.